The van der Waals surface area contributed by atoms with Crippen LogP contribution in [0.3, 0.4) is 0 Å². The fraction of sp³-hybridized carbons (Fsp3) is 0.769. The summed E-state index contributed by atoms with van der Waals surface area (Å²) in [6, 6.07) is 0.729. The lowest BCUT2D eigenvalue weighted by Crippen LogP contribution is -2.21. The van der Waals surface area contributed by atoms with E-state index in [4.69, 9.17) is 4.74 Å². The first kappa shape index (κ1) is 11.2. The van der Waals surface area contributed by atoms with E-state index in [1.165, 1.54) is 31.4 Å². The number of nitrogens with zero attached hydrogens (tertiary/aromatic N) is 2. The number of aromatic nitrogens is 2. The molecule has 0 bridgehead atoms. The lowest BCUT2D eigenvalue weighted by atomic mass is 10.2. The first-order valence-electron chi connectivity index (χ1n) is 6.76. The van der Waals surface area contributed by atoms with Crippen LogP contribution in [-0.2, 0) is 11.3 Å². The Bertz CT molecular complexity index is 353. The van der Waals surface area contributed by atoms with E-state index >= 15 is 0 Å². The molecule has 3 rings (SSSR count). The summed E-state index contributed by atoms with van der Waals surface area (Å²) >= 11 is 0. The van der Waals surface area contributed by atoms with E-state index in [9.17, 15) is 0 Å². The van der Waals surface area contributed by atoms with Crippen molar-refractivity contribution in [1.29, 1.82) is 0 Å². The molecular formula is C13H21N3O. The monoisotopic (exact) mass is 235 g/mol. The zero-order valence-electron chi connectivity index (χ0n) is 10.3. The van der Waals surface area contributed by atoms with Crippen LogP contribution >= 0.6 is 0 Å². The third-order valence-corrected chi connectivity index (χ3v) is 3.66. The van der Waals surface area contributed by atoms with E-state index in [2.05, 4.69) is 14.9 Å². The predicted octanol–water partition coefficient (Wildman–Crippen LogP) is 1.88. The number of imidazole rings is 1. The van der Waals surface area contributed by atoms with Gasteiger partial charge in [-0.2, -0.15) is 0 Å². The van der Waals surface area contributed by atoms with Gasteiger partial charge in [-0.25, -0.2) is 4.98 Å². The van der Waals surface area contributed by atoms with Crippen LogP contribution in [0, 0.1) is 0 Å². The highest BCUT2D eigenvalue weighted by Gasteiger charge is 2.24. The maximum absolute atomic E-state index is 5.60. The summed E-state index contributed by atoms with van der Waals surface area (Å²) in [5, 5.41) is 3.50. The van der Waals surface area contributed by atoms with Crippen molar-refractivity contribution in [2.24, 2.45) is 0 Å². The molecule has 4 heteroatoms. The Labute approximate surface area is 102 Å². The van der Waals surface area contributed by atoms with Crippen molar-refractivity contribution in [2.45, 2.75) is 50.8 Å². The molecule has 1 aliphatic heterocycles. The summed E-state index contributed by atoms with van der Waals surface area (Å²) in [5.74, 6) is 0. The molecule has 0 spiro atoms. The Morgan fingerprint density at radius 3 is 3.12 bits per heavy atom. The van der Waals surface area contributed by atoms with E-state index in [0.717, 1.165) is 32.2 Å². The zero-order valence-corrected chi connectivity index (χ0v) is 10.3. The molecular weight excluding hydrogens is 214 g/mol. The molecule has 1 atom stereocenters. The molecule has 1 saturated carbocycles. The third kappa shape index (κ3) is 2.87. The third-order valence-electron chi connectivity index (χ3n) is 3.66. The van der Waals surface area contributed by atoms with Crippen molar-refractivity contribution in [3.63, 3.8) is 0 Å². The van der Waals surface area contributed by atoms with Gasteiger partial charge in [0.05, 0.1) is 18.1 Å². The van der Waals surface area contributed by atoms with Crippen molar-refractivity contribution in [2.75, 3.05) is 13.2 Å². The van der Waals surface area contributed by atoms with E-state index in [-0.39, 0.29) is 0 Å². The normalized spacial score (nSPS) is 24.4. The van der Waals surface area contributed by atoms with E-state index in [0.29, 0.717) is 6.10 Å². The van der Waals surface area contributed by atoms with Crippen molar-refractivity contribution >= 4 is 0 Å². The van der Waals surface area contributed by atoms with Crippen molar-refractivity contribution in [1.82, 2.24) is 14.9 Å². The molecule has 4 nitrogen and oxygen atoms in total. The van der Waals surface area contributed by atoms with E-state index in [1.54, 1.807) is 0 Å². The van der Waals surface area contributed by atoms with E-state index in [1.807, 2.05) is 12.5 Å². The maximum atomic E-state index is 5.60. The highest BCUT2D eigenvalue weighted by molar-refractivity contribution is 5.03. The Kier molecular flexibility index (Phi) is 3.43. The van der Waals surface area contributed by atoms with Gasteiger partial charge in [-0.3, -0.25) is 0 Å². The number of hydrogen-bond acceptors (Lipinski definition) is 3. The Hall–Kier alpha value is -0.870. The number of nitrogens with one attached hydrogen (secondary N) is 1. The fourth-order valence-corrected chi connectivity index (χ4v) is 2.50. The van der Waals surface area contributed by atoms with Crippen LogP contribution in [0.2, 0.25) is 0 Å². The molecule has 1 aromatic heterocycles. The molecule has 0 amide bonds. The Balaban J connectivity index is 1.39. The van der Waals surface area contributed by atoms with Crippen LogP contribution in [0.4, 0.5) is 0 Å². The lowest BCUT2D eigenvalue weighted by molar-refractivity contribution is 0.104. The second-order valence-electron chi connectivity index (χ2n) is 5.12. The second kappa shape index (κ2) is 5.19. The topological polar surface area (TPSA) is 39.1 Å². The van der Waals surface area contributed by atoms with Crippen molar-refractivity contribution < 1.29 is 4.74 Å². The molecule has 2 heterocycles. The molecule has 1 N–H and O–H groups in total. The SMILES string of the molecule is c1ncn(C2CC2)c1CNCCC1CCCO1. The molecule has 94 valence electrons. The van der Waals surface area contributed by atoms with Gasteiger partial charge in [-0.15, -0.1) is 0 Å². The highest BCUT2D eigenvalue weighted by Crippen LogP contribution is 2.35. The van der Waals surface area contributed by atoms with Gasteiger partial charge in [0.2, 0.25) is 0 Å². The fourth-order valence-electron chi connectivity index (χ4n) is 2.50. The lowest BCUT2D eigenvalue weighted by Gasteiger charge is -2.11. The van der Waals surface area contributed by atoms with Crippen LogP contribution < -0.4 is 5.32 Å². The van der Waals surface area contributed by atoms with Crippen molar-refractivity contribution in [3.05, 3.63) is 18.2 Å². The number of ether oxygens (including phenoxy) is 1. The molecule has 0 aromatic carbocycles. The molecule has 17 heavy (non-hydrogen) atoms. The van der Waals surface area contributed by atoms with Gasteiger partial charge in [0.15, 0.2) is 0 Å². The van der Waals surface area contributed by atoms with Gasteiger partial charge >= 0.3 is 0 Å². The second-order valence-corrected chi connectivity index (χ2v) is 5.12. The van der Waals surface area contributed by atoms with Gasteiger partial charge in [0.1, 0.15) is 0 Å². The average Bonchev–Trinajstić information content (AvgIpc) is 2.89. The standard InChI is InChI=1S/C13H21N3O/c1-2-13(17-7-1)5-6-14-8-12-9-15-10-16(12)11-3-4-11/h9-11,13-14H,1-8H2. The summed E-state index contributed by atoms with van der Waals surface area (Å²) < 4.78 is 7.92. The quantitative estimate of drug-likeness (QED) is 0.765. The smallest absolute Gasteiger partial charge is 0.0951 e. The summed E-state index contributed by atoms with van der Waals surface area (Å²) in [4.78, 5) is 4.24. The van der Waals surface area contributed by atoms with E-state index < -0.39 is 0 Å². The van der Waals surface area contributed by atoms with Crippen LogP contribution in [0.15, 0.2) is 12.5 Å². The van der Waals surface area contributed by atoms with Gasteiger partial charge in [0.25, 0.3) is 0 Å². The molecule has 1 saturated heterocycles. The van der Waals surface area contributed by atoms with Crippen LogP contribution in [0.5, 0.6) is 0 Å². The van der Waals surface area contributed by atoms with Gasteiger partial charge in [-0.05, 0) is 38.6 Å². The summed E-state index contributed by atoms with van der Waals surface area (Å²) in [7, 11) is 0. The molecule has 0 radical (unpaired) electrons. The minimum Gasteiger partial charge on any atom is -0.378 e. The molecule has 1 aliphatic carbocycles. The Morgan fingerprint density at radius 1 is 1.41 bits per heavy atom. The number of rotatable bonds is 6. The maximum Gasteiger partial charge on any atom is 0.0951 e. The average molecular weight is 235 g/mol. The first-order valence-corrected chi connectivity index (χ1v) is 6.76. The zero-order chi connectivity index (χ0) is 11.5. The highest BCUT2D eigenvalue weighted by atomic mass is 16.5. The minimum absolute atomic E-state index is 0.496. The largest absolute Gasteiger partial charge is 0.378 e. The first-order chi connectivity index (χ1) is 8.43. The number of hydrogen-bond donors (Lipinski definition) is 1. The molecule has 2 fully saturated rings. The Morgan fingerprint density at radius 2 is 2.35 bits per heavy atom. The summed E-state index contributed by atoms with van der Waals surface area (Å²) in [5.41, 5.74) is 1.32. The van der Waals surface area contributed by atoms with Gasteiger partial charge in [0, 0.05) is 25.4 Å². The van der Waals surface area contributed by atoms with Crippen molar-refractivity contribution in [3.8, 4) is 0 Å². The molecule has 1 aromatic rings. The summed E-state index contributed by atoms with van der Waals surface area (Å²) in [6.07, 6.45) is 10.7. The predicted molar refractivity (Wildman–Crippen MR) is 65.8 cm³/mol. The van der Waals surface area contributed by atoms with Crippen LogP contribution in [-0.4, -0.2) is 28.8 Å². The van der Waals surface area contributed by atoms with Gasteiger partial charge < -0.3 is 14.6 Å². The van der Waals surface area contributed by atoms with Crippen LogP contribution in [0.1, 0.15) is 43.8 Å². The summed E-state index contributed by atoms with van der Waals surface area (Å²) in [6.45, 7) is 2.93. The molecule has 1 unspecified atom stereocenters. The minimum atomic E-state index is 0.496. The molecule has 2 aliphatic rings. The van der Waals surface area contributed by atoms with Crippen LogP contribution in [0.25, 0.3) is 0 Å². The van der Waals surface area contributed by atoms with Gasteiger partial charge in [-0.1, -0.05) is 0 Å².